The molecule has 35 heavy (non-hydrogen) atoms. The molecule has 1 aromatic carbocycles. The van der Waals surface area contributed by atoms with Crippen LogP contribution in [0.2, 0.25) is 0 Å². The number of aromatic nitrogens is 5. The van der Waals surface area contributed by atoms with E-state index in [-0.39, 0.29) is 36.0 Å². The lowest BCUT2D eigenvalue weighted by atomic mass is 9.96. The molecule has 0 fully saturated rings. The summed E-state index contributed by atoms with van der Waals surface area (Å²) in [6, 6.07) is 13.9. The van der Waals surface area contributed by atoms with Crippen molar-refractivity contribution in [1.82, 2.24) is 29.7 Å². The van der Waals surface area contributed by atoms with Crippen molar-refractivity contribution in [1.29, 1.82) is 0 Å². The van der Waals surface area contributed by atoms with E-state index in [0.29, 0.717) is 33.9 Å². The Morgan fingerprint density at radius 1 is 1.11 bits per heavy atom. The number of nitrogens with zero attached hydrogens (tertiary/aromatic N) is 4. The molecular formula is C26H25FN6O2. The minimum atomic E-state index is -0.371. The van der Waals surface area contributed by atoms with Gasteiger partial charge < -0.3 is 15.4 Å². The average Bonchev–Trinajstić information content (AvgIpc) is 3.47. The number of hydrogen-bond acceptors (Lipinski definition) is 5. The number of rotatable bonds is 5. The number of amides is 1. The smallest absolute Gasteiger partial charge is 0.271 e. The number of carbonyl (C=O) groups excluding carboxylic acids is 1. The number of pyridine rings is 2. The van der Waals surface area contributed by atoms with Crippen LogP contribution in [0, 0.1) is 5.82 Å². The average molecular weight is 473 g/mol. The lowest BCUT2D eigenvalue weighted by Gasteiger charge is -2.14. The predicted molar refractivity (Wildman–Crippen MR) is 132 cm³/mol. The summed E-state index contributed by atoms with van der Waals surface area (Å²) in [5, 5.41) is 12.5. The van der Waals surface area contributed by atoms with E-state index in [4.69, 9.17) is 15.1 Å². The third-order valence-electron chi connectivity index (χ3n) is 5.68. The van der Waals surface area contributed by atoms with Gasteiger partial charge in [0, 0.05) is 29.1 Å². The van der Waals surface area contributed by atoms with Crippen LogP contribution in [0.15, 0.2) is 54.7 Å². The Bertz CT molecular complexity index is 1560. The van der Waals surface area contributed by atoms with Crippen molar-refractivity contribution in [2.45, 2.75) is 26.2 Å². The lowest BCUT2D eigenvalue weighted by molar-refractivity contribution is 0.0940. The van der Waals surface area contributed by atoms with Gasteiger partial charge in [-0.15, -0.1) is 0 Å². The van der Waals surface area contributed by atoms with Crippen molar-refractivity contribution in [3.63, 3.8) is 0 Å². The third-order valence-corrected chi connectivity index (χ3v) is 5.68. The molecule has 0 aliphatic heterocycles. The normalized spacial score (nSPS) is 11.9. The molecule has 0 bridgehead atoms. The molecule has 4 heterocycles. The number of carbonyl (C=O) groups is 1. The zero-order valence-electron chi connectivity index (χ0n) is 19.6. The van der Waals surface area contributed by atoms with Crippen LogP contribution in [0.3, 0.4) is 0 Å². The molecular weight excluding hydrogens is 447 g/mol. The molecule has 0 atom stereocenters. The summed E-state index contributed by atoms with van der Waals surface area (Å²) in [5.74, 6) is 0.0496. The van der Waals surface area contributed by atoms with Crippen molar-refractivity contribution in [3.05, 3.63) is 72.1 Å². The Labute approximate surface area is 200 Å². The van der Waals surface area contributed by atoms with Crippen LogP contribution >= 0.6 is 0 Å². The van der Waals surface area contributed by atoms with Crippen molar-refractivity contribution in [3.8, 4) is 22.6 Å². The molecule has 0 saturated heterocycles. The van der Waals surface area contributed by atoms with Crippen LogP contribution in [0.5, 0.6) is 0 Å². The van der Waals surface area contributed by atoms with Crippen molar-refractivity contribution < 1.29 is 14.3 Å². The number of fused-ring (bicyclic) bond motifs is 3. The third kappa shape index (κ3) is 4.26. The van der Waals surface area contributed by atoms with Gasteiger partial charge in [0.15, 0.2) is 0 Å². The first-order chi connectivity index (χ1) is 16.7. The SMILES string of the molecule is CC(C)(C)c1nc(-c2cccc(F)c2)c(-c2ccc3ccc4nc(C(=O)NCCO)cn4c3n2)[nH]1. The Morgan fingerprint density at radius 3 is 2.66 bits per heavy atom. The van der Waals surface area contributed by atoms with Crippen molar-refractivity contribution >= 4 is 22.6 Å². The first-order valence-corrected chi connectivity index (χ1v) is 11.3. The van der Waals surface area contributed by atoms with E-state index in [1.165, 1.54) is 12.1 Å². The minimum Gasteiger partial charge on any atom is -0.395 e. The first kappa shape index (κ1) is 22.7. The predicted octanol–water partition coefficient (Wildman–Crippen LogP) is 4.10. The summed E-state index contributed by atoms with van der Waals surface area (Å²) in [5.41, 5.74) is 3.74. The molecule has 0 radical (unpaired) electrons. The Balaban J connectivity index is 1.68. The number of halogens is 1. The van der Waals surface area contributed by atoms with E-state index < -0.39 is 0 Å². The van der Waals surface area contributed by atoms with Crippen molar-refractivity contribution in [2.75, 3.05) is 13.2 Å². The highest BCUT2D eigenvalue weighted by Crippen LogP contribution is 2.33. The lowest BCUT2D eigenvalue weighted by Crippen LogP contribution is -2.26. The maximum absolute atomic E-state index is 14.0. The van der Waals surface area contributed by atoms with E-state index in [1.807, 2.05) is 30.3 Å². The van der Waals surface area contributed by atoms with Crippen LogP contribution in [0.4, 0.5) is 4.39 Å². The maximum atomic E-state index is 14.0. The van der Waals surface area contributed by atoms with Gasteiger partial charge in [0.1, 0.15) is 28.6 Å². The van der Waals surface area contributed by atoms with Gasteiger partial charge >= 0.3 is 0 Å². The molecule has 8 nitrogen and oxygen atoms in total. The molecule has 3 N–H and O–H groups in total. The fraction of sp³-hybridized carbons (Fsp3) is 0.231. The fourth-order valence-corrected chi connectivity index (χ4v) is 3.90. The molecule has 5 aromatic rings. The Morgan fingerprint density at radius 2 is 1.91 bits per heavy atom. The summed E-state index contributed by atoms with van der Waals surface area (Å²) in [7, 11) is 0. The van der Waals surface area contributed by atoms with Gasteiger partial charge in [-0.05, 0) is 36.4 Å². The van der Waals surface area contributed by atoms with Gasteiger partial charge in [0.25, 0.3) is 5.91 Å². The molecule has 0 unspecified atom stereocenters. The number of aromatic amines is 1. The topological polar surface area (TPSA) is 108 Å². The van der Waals surface area contributed by atoms with Gasteiger partial charge in [0.05, 0.1) is 23.7 Å². The van der Waals surface area contributed by atoms with Gasteiger partial charge in [-0.3, -0.25) is 9.20 Å². The number of benzene rings is 1. The standard InChI is InChI=1S/C26H25FN6O2/c1-26(2,3)25-31-21(16-5-4-6-17(27)13-16)22(32-25)18-9-7-15-8-10-20-29-19(24(35)28-11-12-34)14-33(20)23(15)30-18/h4-10,13-14,34H,11-12H2,1-3H3,(H,28,35)(H,31,32). The maximum Gasteiger partial charge on any atom is 0.271 e. The molecule has 9 heteroatoms. The first-order valence-electron chi connectivity index (χ1n) is 11.3. The molecule has 0 aliphatic rings. The molecule has 178 valence electrons. The highest BCUT2D eigenvalue weighted by Gasteiger charge is 2.23. The quantitative estimate of drug-likeness (QED) is 0.357. The summed E-state index contributed by atoms with van der Waals surface area (Å²) in [4.78, 5) is 29.9. The summed E-state index contributed by atoms with van der Waals surface area (Å²) >= 11 is 0. The van der Waals surface area contributed by atoms with Crippen LogP contribution in [-0.4, -0.2) is 48.5 Å². The molecule has 0 saturated carbocycles. The van der Waals surface area contributed by atoms with E-state index in [2.05, 4.69) is 36.1 Å². The van der Waals surface area contributed by atoms with E-state index >= 15 is 0 Å². The second kappa shape index (κ2) is 8.59. The molecule has 5 rings (SSSR count). The van der Waals surface area contributed by atoms with Crippen LogP contribution in [-0.2, 0) is 5.41 Å². The highest BCUT2D eigenvalue weighted by molar-refractivity contribution is 5.93. The second-order valence-electron chi connectivity index (χ2n) is 9.35. The number of imidazole rings is 2. The monoisotopic (exact) mass is 472 g/mol. The molecule has 1 amide bonds. The molecule has 0 spiro atoms. The highest BCUT2D eigenvalue weighted by atomic mass is 19.1. The van der Waals surface area contributed by atoms with Crippen LogP contribution < -0.4 is 5.32 Å². The van der Waals surface area contributed by atoms with Gasteiger partial charge in [0.2, 0.25) is 0 Å². The summed E-state index contributed by atoms with van der Waals surface area (Å²) < 4.78 is 15.8. The zero-order chi connectivity index (χ0) is 24.7. The minimum absolute atomic E-state index is 0.147. The number of aliphatic hydroxyl groups is 1. The number of nitrogens with one attached hydrogen (secondary N) is 2. The Kier molecular flexibility index (Phi) is 5.56. The van der Waals surface area contributed by atoms with E-state index in [9.17, 15) is 9.18 Å². The number of H-pyrrole nitrogens is 1. The van der Waals surface area contributed by atoms with Crippen LogP contribution in [0.25, 0.3) is 39.3 Å². The van der Waals surface area contributed by atoms with Crippen molar-refractivity contribution in [2.24, 2.45) is 0 Å². The Hall–Kier alpha value is -4.11. The van der Waals surface area contributed by atoms with Crippen LogP contribution in [0.1, 0.15) is 37.1 Å². The molecule has 0 aliphatic carbocycles. The largest absolute Gasteiger partial charge is 0.395 e. The van der Waals surface area contributed by atoms with E-state index in [0.717, 1.165) is 11.2 Å². The number of hydrogen-bond donors (Lipinski definition) is 3. The second-order valence-corrected chi connectivity index (χ2v) is 9.35. The summed E-state index contributed by atoms with van der Waals surface area (Å²) in [6.45, 7) is 6.15. The molecule has 4 aromatic heterocycles. The zero-order valence-corrected chi connectivity index (χ0v) is 19.6. The number of aliphatic hydroxyl groups excluding tert-OH is 1. The fourth-order valence-electron chi connectivity index (χ4n) is 3.90. The summed E-state index contributed by atoms with van der Waals surface area (Å²) in [6.07, 6.45) is 1.63. The van der Waals surface area contributed by atoms with E-state index in [1.54, 1.807) is 16.7 Å². The van der Waals surface area contributed by atoms with Gasteiger partial charge in [-0.1, -0.05) is 32.9 Å². The van der Waals surface area contributed by atoms with Gasteiger partial charge in [-0.25, -0.2) is 19.3 Å². The van der Waals surface area contributed by atoms with Gasteiger partial charge in [-0.2, -0.15) is 0 Å².